The van der Waals surface area contributed by atoms with Crippen molar-refractivity contribution in [2.24, 2.45) is 23.0 Å². The molecule has 8 N–H and O–H groups in total. The summed E-state index contributed by atoms with van der Waals surface area (Å²) in [6.07, 6.45) is 5.84. The number of phenols is 1. The first-order valence-electron chi connectivity index (χ1n) is 15.4. The number of ketones is 2. The highest BCUT2D eigenvalue weighted by molar-refractivity contribution is 6.25. The molecule has 0 radical (unpaired) electrons. The van der Waals surface area contributed by atoms with E-state index in [1.807, 2.05) is 0 Å². The Morgan fingerprint density at radius 1 is 1.09 bits per heavy atom. The number of carbonyl (C=O) groups excluding carboxylic acids is 4. The van der Waals surface area contributed by atoms with Gasteiger partial charge in [0, 0.05) is 37.3 Å². The Balaban J connectivity index is 1.37. The minimum absolute atomic E-state index is 0.00793. The predicted molar refractivity (Wildman–Crippen MR) is 164 cm³/mol. The van der Waals surface area contributed by atoms with Gasteiger partial charge in [-0.3, -0.25) is 24.1 Å². The second-order valence-electron chi connectivity index (χ2n) is 13.9. The Morgan fingerprint density at radius 2 is 1.78 bits per heavy atom. The summed E-state index contributed by atoms with van der Waals surface area (Å²) in [6.45, 7) is 0.0304. The van der Waals surface area contributed by atoms with Crippen molar-refractivity contribution < 1.29 is 39.6 Å². The number of phenolic OH excluding ortho intramolecular Hbond substituents is 1. The van der Waals surface area contributed by atoms with Crippen molar-refractivity contribution >= 4 is 34.8 Å². The van der Waals surface area contributed by atoms with E-state index >= 15 is 0 Å². The summed E-state index contributed by atoms with van der Waals surface area (Å²) >= 11 is 0. The summed E-state index contributed by atoms with van der Waals surface area (Å²) in [7, 11) is 6.68. The van der Waals surface area contributed by atoms with Crippen LogP contribution in [0, 0.1) is 17.3 Å². The normalized spacial score (nSPS) is 29.9. The van der Waals surface area contributed by atoms with Crippen LogP contribution in [0.5, 0.6) is 5.75 Å². The molecule has 45 heavy (non-hydrogen) atoms. The van der Waals surface area contributed by atoms with Crippen LogP contribution in [0.15, 0.2) is 28.7 Å². The van der Waals surface area contributed by atoms with E-state index in [4.69, 9.17) is 5.73 Å². The van der Waals surface area contributed by atoms with Gasteiger partial charge in [-0.1, -0.05) is 0 Å². The Labute approximate surface area is 260 Å². The number of benzene rings is 1. The van der Waals surface area contributed by atoms with E-state index in [9.17, 15) is 39.6 Å². The summed E-state index contributed by atoms with van der Waals surface area (Å²) in [4.78, 5) is 56.1. The van der Waals surface area contributed by atoms with Gasteiger partial charge in [0.25, 0.3) is 5.91 Å². The number of aliphatic hydroxyl groups is 3. The zero-order valence-electron chi connectivity index (χ0n) is 25.9. The molecule has 0 aliphatic heterocycles. The van der Waals surface area contributed by atoms with Crippen molar-refractivity contribution in [3.63, 3.8) is 0 Å². The quantitative estimate of drug-likeness (QED) is 0.169. The number of fused-ring (bicyclic) bond motifs is 3. The standard InChI is InChI=1S/C32H41N5O8/c1-36(2)19-11-18(35-20(38)13-34-15-5-6-31(12-15)7-8-31)25(39)22-16(19)9-14-10-17-24(37(3)4)27(41)23(30(33)44)29(43)32(17,45)28(42)21(14)26(22)40/h11,14-15,17,24,34,39,41-42,45H,5-10,12-13H2,1-4H3,(H2,33,44)(H,35,38)/t14-,15?,17-,24-,32-/m0/s1. The van der Waals surface area contributed by atoms with E-state index in [0.29, 0.717) is 16.7 Å². The lowest BCUT2D eigenvalue weighted by atomic mass is 9.58. The van der Waals surface area contributed by atoms with Gasteiger partial charge >= 0.3 is 0 Å². The van der Waals surface area contributed by atoms with Gasteiger partial charge in [-0.15, -0.1) is 0 Å². The molecule has 5 aliphatic carbocycles. The van der Waals surface area contributed by atoms with Gasteiger partial charge < -0.3 is 41.7 Å². The second kappa shape index (κ2) is 10.6. The van der Waals surface area contributed by atoms with Crippen molar-refractivity contribution in [3.05, 3.63) is 39.9 Å². The van der Waals surface area contributed by atoms with Crippen molar-refractivity contribution in [1.29, 1.82) is 0 Å². The average Bonchev–Trinajstić information content (AvgIpc) is 3.59. The number of amides is 2. The molecule has 0 saturated heterocycles. The second-order valence-corrected chi connectivity index (χ2v) is 13.9. The van der Waals surface area contributed by atoms with Gasteiger partial charge in [-0.05, 0) is 82.0 Å². The molecule has 0 aromatic heterocycles. The van der Waals surface area contributed by atoms with Crippen LogP contribution < -0.4 is 21.3 Å². The molecule has 1 spiro atoms. The number of primary amides is 1. The van der Waals surface area contributed by atoms with Crippen LogP contribution >= 0.6 is 0 Å². The largest absolute Gasteiger partial charge is 0.510 e. The van der Waals surface area contributed by atoms with E-state index in [-0.39, 0.29) is 42.3 Å². The van der Waals surface area contributed by atoms with Crippen molar-refractivity contribution in [3.8, 4) is 5.75 Å². The van der Waals surface area contributed by atoms with Crippen LogP contribution in [-0.4, -0.2) is 101 Å². The SMILES string of the molecule is CN(C)c1cc(NC(=O)CNC2CCC3(CC3)C2)c(O)c2c1C[C@H]1C[C@H]3[C@H](N(C)C)C(O)=C(C(N)=O)C(=O)[C@@]3(O)C(O)=C1C2=O. The third-order valence-electron chi connectivity index (χ3n) is 10.7. The number of allylic oxidation sites excluding steroid dienone is 1. The molecule has 6 rings (SSSR count). The number of Topliss-reactive ketones (excluding diaryl/α,β-unsaturated/α-hetero) is 2. The van der Waals surface area contributed by atoms with E-state index < -0.39 is 69.7 Å². The maximum atomic E-state index is 14.2. The molecule has 1 aromatic rings. The van der Waals surface area contributed by atoms with Crippen LogP contribution in [0.2, 0.25) is 0 Å². The van der Waals surface area contributed by atoms with Crippen molar-refractivity contribution in [2.45, 2.75) is 62.6 Å². The topological polar surface area (TPSA) is 206 Å². The van der Waals surface area contributed by atoms with Crippen LogP contribution in [0.25, 0.3) is 0 Å². The minimum Gasteiger partial charge on any atom is -0.510 e. The molecule has 5 aliphatic rings. The number of aromatic hydroxyl groups is 1. The van der Waals surface area contributed by atoms with Crippen LogP contribution in [0.3, 0.4) is 0 Å². The van der Waals surface area contributed by atoms with E-state index in [1.165, 1.54) is 17.7 Å². The molecule has 0 bridgehead atoms. The zero-order chi connectivity index (χ0) is 32.7. The van der Waals surface area contributed by atoms with E-state index in [0.717, 1.165) is 19.3 Å². The first-order chi connectivity index (χ1) is 21.1. The molecule has 2 saturated carbocycles. The van der Waals surface area contributed by atoms with E-state index in [2.05, 4.69) is 10.6 Å². The monoisotopic (exact) mass is 623 g/mol. The van der Waals surface area contributed by atoms with Gasteiger partial charge in [0.1, 0.15) is 17.1 Å². The molecular weight excluding hydrogens is 582 g/mol. The molecule has 13 heteroatoms. The number of anilines is 2. The van der Waals surface area contributed by atoms with Gasteiger partial charge in [-0.2, -0.15) is 0 Å². The Morgan fingerprint density at radius 3 is 2.36 bits per heavy atom. The first kappa shape index (κ1) is 31.1. The summed E-state index contributed by atoms with van der Waals surface area (Å²) in [5, 5.41) is 51.7. The Kier molecular flexibility index (Phi) is 7.29. The van der Waals surface area contributed by atoms with Crippen LogP contribution in [0.4, 0.5) is 11.4 Å². The molecule has 0 heterocycles. The van der Waals surface area contributed by atoms with Gasteiger partial charge in [-0.25, -0.2) is 0 Å². The number of likely N-dealkylation sites (N-methyl/N-ethyl adjacent to an activating group) is 1. The number of hydrogen-bond donors (Lipinski definition) is 7. The zero-order valence-corrected chi connectivity index (χ0v) is 25.9. The van der Waals surface area contributed by atoms with Crippen LogP contribution in [0.1, 0.15) is 54.4 Å². The molecule has 2 fully saturated rings. The molecule has 1 unspecified atom stereocenters. The van der Waals surface area contributed by atoms with Crippen molar-refractivity contribution in [2.75, 3.05) is 45.0 Å². The highest BCUT2D eigenvalue weighted by atomic mass is 16.3. The average molecular weight is 624 g/mol. The number of rotatable bonds is 7. The fraction of sp³-hybridized carbons (Fsp3) is 0.562. The lowest BCUT2D eigenvalue weighted by Gasteiger charge is -2.50. The summed E-state index contributed by atoms with van der Waals surface area (Å²) in [5.74, 6) is -7.62. The maximum absolute atomic E-state index is 14.2. The molecule has 242 valence electrons. The van der Waals surface area contributed by atoms with Crippen molar-refractivity contribution in [1.82, 2.24) is 10.2 Å². The highest BCUT2D eigenvalue weighted by Gasteiger charge is 2.63. The Hall–Kier alpha value is -3.94. The summed E-state index contributed by atoms with van der Waals surface area (Å²) in [6, 6.07) is 0.785. The fourth-order valence-corrected chi connectivity index (χ4v) is 8.24. The third kappa shape index (κ3) is 4.70. The van der Waals surface area contributed by atoms with Gasteiger partial charge in [0.15, 0.2) is 17.1 Å². The van der Waals surface area contributed by atoms with E-state index in [1.54, 1.807) is 39.2 Å². The highest BCUT2D eigenvalue weighted by Crippen LogP contribution is 2.58. The Bertz CT molecular complexity index is 1590. The molecule has 5 atom stereocenters. The molecule has 13 nitrogen and oxygen atoms in total. The van der Waals surface area contributed by atoms with Crippen LogP contribution in [-0.2, 0) is 20.8 Å². The minimum atomic E-state index is -2.72. The fourth-order valence-electron chi connectivity index (χ4n) is 8.24. The molecule has 1 aromatic carbocycles. The lowest BCUT2D eigenvalue weighted by Crippen LogP contribution is -2.63. The number of carbonyl (C=O) groups is 4. The number of hydrogen-bond acceptors (Lipinski definition) is 11. The van der Waals surface area contributed by atoms with Gasteiger partial charge in [0.2, 0.25) is 11.7 Å². The number of nitrogens with two attached hydrogens (primary N) is 1. The summed E-state index contributed by atoms with van der Waals surface area (Å²) < 4.78 is 0. The number of nitrogens with one attached hydrogen (secondary N) is 2. The predicted octanol–water partition coefficient (Wildman–Crippen LogP) is 1.05. The lowest BCUT2D eigenvalue weighted by molar-refractivity contribution is -0.148. The first-order valence-corrected chi connectivity index (χ1v) is 15.4. The third-order valence-corrected chi connectivity index (χ3v) is 10.7. The smallest absolute Gasteiger partial charge is 0.255 e. The number of nitrogens with zero attached hydrogens (tertiary/aromatic N) is 2. The summed E-state index contributed by atoms with van der Waals surface area (Å²) in [5.41, 5.74) is 2.92. The maximum Gasteiger partial charge on any atom is 0.255 e. The molecule has 2 amide bonds. The number of aliphatic hydroxyl groups excluding tert-OH is 2. The molecular formula is C32H41N5O8. The van der Waals surface area contributed by atoms with Gasteiger partial charge in [0.05, 0.1) is 23.8 Å².